The van der Waals surface area contributed by atoms with E-state index in [1.54, 1.807) is 18.4 Å². The monoisotopic (exact) mass is 312 g/mol. The van der Waals surface area contributed by atoms with Crippen molar-refractivity contribution in [2.45, 2.75) is 45.2 Å². The van der Waals surface area contributed by atoms with Crippen LogP contribution in [-0.2, 0) is 16.6 Å². The highest BCUT2D eigenvalue weighted by atomic mass is 32.2. The molecule has 0 aliphatic rings. The van der Waals surface area contributed by atoms with Gasteiger partial charge in [-0.3, -0.25) is 9.82 Å². The topological polar surface area (TPSA) is 100 Å². The van der Waals surface area contributed by atoms with E-state index < -0.39 is 10.0 Å². The number of hydrogen-bond donors (Lipinski definition) is 3. The summed E-state index contributed by atoms with van der Waals surface area (Å²) >= 11 is 0. The summed E-state index contributed by atoms with van der Waals surface area (Å²) < 4.78 is 29.2. The minimum Gasteiger partial charge on any atom is -0.390 e. The fourth-order valence-electron chi connectivity index (χ4n) is 2.15. The van der Waals surface area contributed by atoms with Crippen molar-refractivity contribution >= 4 is 15.7 Å². The second-order valence-electron chi connectivity index (χ2n) is 5.24. The highest BCUT2D eigenvalue weighted by molar-refractivity contribution is 7.92. The maximum Gasteiger partial charge on any atom is 0.263 e. The van der Waals surface area contributed by atoms with Crippen LogP contribution in [0.5, 0.6) is 0 Å². The van der Waals surface area contributed by atoms with E-state index in [1.807, 2.05) is 13.8 Å². The zero-order valence-electron chi connectivity index (χ0n) is 12.5. The van der Waals surface area contributed by atoms with Crippen LogP contribution in [0.4, 0.5) is 5.69 Å². The molecule has 3 N–H and O–H groups in total. The molecule has 0 radical (unpaired) electrons. The SMILES string of the molecule is Cc1n[nH]c(C)c1NS(=O)(=O)c1cc(CO)n(C(C)C)c1. The molecule has 2 aromatic rings. The molecule has 116 valence electrons. The molecule has 0 atom stereocenters. The Hall–Kier alpha value is -1.80. The third-order valence-corrected chi connectivity index (χ3v) is 4.62. The highest BCUT2D eigenvalue weighted by Crippen LogP contribution is 2.24. The number of aliphatic hydroxyl groups excluding tert-OH is 1. The largest absolute Gasteiger partial charge is 0.390 e. The minimum absolute atomic E-state index is 0.0634. The van der Waals surface area contributed by atoms with Crippen molar-refractivity contribution in [2.24, 2.45) is 0 Å². The number of aromatic amines is 1. The molecule has 0 saturated heterocycles. The first kappa shape index (κ1) is 15.6. The Morgan fingerprint density at radius 1 is 1.43 bits per heavy atom. The summed E-state index contributed by atoms with van der Waals surface area (Å²) in [6, 6.07) is 1.54. The van der Waals surface area contributed by atoms with E-state index in [4.69, 9.17) is 0 Å². The smallest absolute Gasteiger partial charge is 0.263 e. The number of aliphatic hydroxyl groups is 1. The van der Waals surface area contributed by atoms with Gasteiger partial charge in [-0.15, -0.1) is 0 Å². The summed E-state index contributed by atoms with van der Waals surface area (Å²) in [6.07, 6.45) is 1.53. The van der Waals surface area contributed by atoms with Gasteiger partial charge >= 0.3 is 0 Å². The van der Waals surface area contributed by atoms with Gasteiger partial charge in [0.1, 0.15) is 4.90 Å². The van der Waals surface area contributed by atoms with E-state index in [-0.39, 0.29) is 17.5 Å². The molecule has 8 heteroatoms. The van der Waals surface area contributed by atoms with Crippen LogP contribution < -0.4 is 4.72 Å². The number of aryl methyl sites for hydroxylation is 2. The molecule has 0 aliphatic heterocycles. The first-order chi connectivity index (χ1) is 9.76. The maximum atomic E-state index is 12.5. The molecule has 2 aromatic heterocycles. The van der Waals surface area contributed by atoms with E-state index in [9.17, 15) is 13.5 Å². The Balaban J connectivity index is 2.41. The molecule has 0 spiro atoms. The second-order valence-corrected chi connectivity index (χ2v) is 6.92. The Bertz CT molecular complexity index is 724. The normalized spacial score (nSPS) is 12.1. The van der Waals surface area contributed by atoms with Gasteiger partial charge in [-0.2, -0.15) is 5.10 Å². The lowest BCUT2D eigenvalue weighted by molar-refractivity contribution is 0.268. The van der Waals surface area contributed by atoms with Gasteiger partial charge in [0, 0.05) is 17.9 Å². The van der Waals surface area contributed by atoms with E-state index in [0.29, 0.717) is 22.8 Å². The van der Waals surface area contributed by atoms with Gasteiger partial charge in [0.25, 0.3) is 10.0 Å². The number of aromatic nitrogens is 3. The van der Waals surface area contributed by atoms with Gasteiger partial charge in [-0.25, -0.2) is 8.42 Å². The van der Waals surface area contributed by atoms with Gasteiger partial charge in [-0.1, -0.05) is 0 Å². The Morgan fingerprint density at radius 3 is 2.52 bits per heavy atom. The van der Waals surface area contributed by atoms with Crippen LogP contribution in [0.2, 0.25) is 0 Å². The number of sulfonamides is 1. The maximum absolute atomic E-state index is 12.5. The lowest BCUT2D eigenvalue weighted by Crippen LogP contribution is -2.13. The molecular formula is C13H20N4O3S. The number of H-pyrrole nitrogens is 1. The standard InChI is InChI=1S/C13H20N4O3S/c1-8(2)17-6-12(5-11(17)7-18)21(19,20)16-13-9(3)14-15-10(13)4/h5-6,8,16,18H,7H2,1-4H3,(H,14,15). The molecule has 0 amide bonds. The predicted octanol–water partition coefficient (Wildman–Crippen LogP) is 1.70. The first-order valence-electron chi connectivity index (χ1n) is 6.62. The van der Waals surface area contributed by atoms with Crippen LogP contribution in [0.15, 0.2) is 17.2 Å². The summed E-state index contributed by atoms with van der Waals surface area (Å²) in [6.45, 7) is 7.11. The molecule has 2 heterocycles. The average molecular weight is 312 g/mol. The molecule has 0 fully saturated rings. The zero-order chi connectivity index (χ0) is 15.8. The molecule has 7 nitrogen and oxygen atoms in total. The van der Waals surface area contributed by atoms with Crippen LogP contribution in [-0.4, -0.2) is 28.3 Å². The van der Waals surface area contributed by atoms with Gasteiger partial charge < -0.3 is 9.67 Å². The molecule has 0 unspecified atom stereocenters. The lowest BCUT2D eigenvalue weighted by Gasteiger charge is -2.10. The summed E-state index contributed by atoms with van der Waals surface area (Å²) in [5, 5.41) is 16.0. The molecule has 0 bridgehead atoms. The summed E-state index contributed by atoms with van der Waals surface area (Å²) in [7, 11) is -3.72. The molecule has 0 aromatic carbocycles. The molecule has 0 aliphatic carbocycles. The van der Waals surface area contributed by atoms with Gasteiger partial charge in [-0.05, 0) is 33.8 Å². The molecule has 2 rings (SSSR count). The number of rotatable bonds is 5. The Labute approximate surface area is 124 Å². The van der Waals surface area contributed by atoms with Crippen molar-refractivity contribution in [1.29, 1.82) is 0 Å². The van der Waals surface area contributed by atoms with E-state index in [0.717, 1.165) is 0 Å². The fourth-order valence-corrected chi connectivity index (χ4v) is 3.38. The average Bonchev–Trinajstić information content (AvgIpc) is 2.97. The quantitative estimate of drug-likeness (QED) is 0.782. The van der Waals surface area contributed by atoms with E-state index in [1.165, 1.54) is 12.3 Å². The predicted molar refractivity (Wildman–Crippen MR) is 79.6 cm³/mol. The Morgan fingerprint density at radius 2 is 2.10 bits per heavy atom. The van der Waals surface area contributed by atoms with E-state index in [2.05, 4.69) is 14.9 Å². The summed E-state index contributed by atoms with van der Waals surface area (Å²) in [5.41, 5.74) is 2.26. The first-order valence-corrected chi connectivity index (χ1v) is 8.10. The van der Waals surface area contributed by atoms with E-state index >= 15 is 0 Å². The van der Waals surface area contributed by atoms with Crippen LogP contribution in [0.3, 0.4) is 0 Å². The third kappa shape index (κ3) is 2.96. The summed E-state index contributed by atoms with van der Waals surface area (Å²) in [4.78, 5) is 0.125. The van der Waals surface area contributed by atoms with Gasteiger partial charge in [0.05, 0.1) is 23.7 Å². The number of nitrogens with zero attached hydrogens (tertiary/aromatic N) is 2. The van der Waals surface area contributed by atoms with Crippen molar-refractivity contribution in [3.05, 3.63) is 29.3 Å². The van der Waals surface area contributed by atoms with Gasteiger partial charge in [0.15, 0.2) is 0 Å². The number of anilines is 1. The minimum atomic E-state index is -3.72. The highest BCUT2D eigenvalue weighted by Gasteiger charge is 2.21. The fraction of sp³-hybridized carbons (Fsp3) is 0.462. The van der Waals surface area contributed by atoms with Crippen LogP contribution in [0.25, 0.3) is 0 Å². The van der Waals surface area contributed by atoms with Crippen molar-refractivity contribution in [1.82, 2.24) is 14.8 Å². The zero-order valence-corrected chi connectivity index (χ0v) is 13.3. The van der Waals surface area contributed by atoms with Gasteiger partial charge in [0.2, 0.25) is 0 Å². The van der Waals surface area contributed by atoms with Crippen LogP contribution >= 0.6 is 0 Å². The molecule has 21 heavy (non-hydrogen) atoms. The Kier molecular flexibility index (Phi) is 4.11. The molecular weight excluding hydrogens is 292 g/mol. The van der Waals surface area contributed by atoms with Crippen molar-refractivity contribution in [3.63, 3.8) is 0 Å². The third-order valence-electron chi connectivity index (χ3n) is 3.30. The number of hydrogen-bond acceptors (Lipinski definition) is 4. The van der Waals surface area contributed by atoms with Crippen LogP contribution in [0.1, 0.15) is 37.0 Å². The second kappa shape index (κ2) is 5.53. The van der Waals surface area contributed by atoms with Crippen molar-refractivity contribution < 1.29 is 13.5 Å². The molecule has 0 saturated carbocycles. The lowest BCUT2D eigenvalue weighted by atomic mass is 10.3. The van der Waals surface area contributed by atoms with Crippen molar-refractivity contribution in [2.75, 3.05) is 4.72 Å². The number of nitrogens with one attached hydrogen (secondary N) is 2. The van der Waals surface area contributed by atoms with Crippen molar-refractivity contribution in [3.8, 4) is 0 Å². The summed E-state index contributed by atoms with van der Waals surface area (Å²) in [5.74, 6) is 0. The van der Waals surface area contributed by atoms with Crippen LogP contribution in [0, 0.1) is 13.8 Å².